The predicted octanol–water partition coefficient (Wildman–Crippen LogP) is 0.546. The number of nitrogens with zero attached hydrogens (tertiary/aromatic N) is 3. The Morgan fingerprint density at radius 1 is 1.48 bits per heavy atom. The van der Waals surface area contributed by atoms with Crippen LogP contribution in [0.2, 0.25) is 0 Å². The van der Waals surface area contributed by atoms with Gasteiger partial charge in [-0.2, -0.15) is 0 Å². The molecule has 1 aliphatic rings. The largest absolute Gasteiger partial charge is 0.461 e. The van der Waals surface area contributed by atoms with Crippen LogP contribution in [0.1, 0.15) is 43.1 Å². The molecule has 1 aromatic rings. The number of nitrogens with one attached hydrogen (secondary N) is 1. The molecule has 1 aromatic heterocycles. The standard InChI is InChI=1S/C16H24N4O3/c1-4-6-9-20-14(15(22)23-5-2)13(12(3)21)18-16(20)19-10-7-17-8-11-19/h12,17,21H,5,7-11H2,1-3H3. The molecule has 126 valence electrons. The molecule has 7 nitrogen and oxygen atoms in total. The van der Waals surface area contributed by atoms with Crippen molar-refractivity contribution < 1.29 is 14.6 Å². The van der Waals surface area contributed by atoms with E-state index in [0.717, 1.165) is 26.2 Å². The van der Waals surface area contributed by atoms with Gasteiger partial charge in [0.1, 0.15) is 5.69 Å². The fourth-order valence-corrected chi connectivity index (χ4v) is 2.58. The number of esters is 1. The monoisotopic (exact) mass is 320 g/mol. The summed E-state index contributed by atoms with van der Waals surface area (Å²) in [6.07, 6.45) is -0.855. The molecule has 0 saturated carbocycles. The number of hydrogen-bond acceptors (Lipinski definition) is 6. The molecule has 1 aliphatic heterocycles. The Morgan fingerprint density at radius 2 is 2.17 bits per heavy atom. The van der Waals surface area contributed by atoms with Gasteiger partial charge in [0.05, 0.1) is 19.3 Å². The number of imidazole rings is 1. The average molecular weight is 320 g/mol. The summed E-state index contributed by atoms with van der Waals surface area (Å²) in [7, 11) is 0. The lowest BCUT2D eigenvalue weighted by Crippen LogP contribution is -2.44. The smallest absolute Gasteiger partial charge is 0.357 e. The summed E-state index contributed by atoms with van der Waals surface area (Å²) in [6, 6.07) is 0. The summed E-state index contributed by atoms with van der Waals surface area (Å²) < 4.78 is 6.90. The van der Waals surface area contributed by atoms with Crippen LogP contribution >= 0.6 is 0 Å². The van der Waals surface area contributed by atoms with Crippen LogP contribution in [0.5, 0.6) is 0 Å². The first-order valence-corrected chi connectivity index (χ1v) is 7.91. The van der Waals surface area contributed by atoms with Gasteiger partial charge in [0.15, 0.2) is 5.69 Å². The van der Waals surface area contributed by atoms with E-state index in [1.807, 2.05) is 0 Å². The van der Waals surface area contributed by atoms with Crippen molar-refractivity contribution in [3.63, 3.8) is 0 Å². The van der Waals surface area contributed by atoms with E-state index >= 15 is 0 Å². The SMILES string of the molecule is CC#CCn1c(N2CCNCC2)nc(C(C)O)c1C(=O)OCC. The number of ether oxygens (including phenoxy) is 1. The van der Waals surface area contributed by atoms with Crippen LogP contribution in [0.4, 0.5) is 5.95 Å². The fourth-order valence-electron chi connectivity index (χ4n) is 2.58. The molecule has 1 fully saturated rings. The zero-order valence-electron chi connectivity index (χ0n) is 13.9. The van der Waals surface area contributed by atoms with Crippen molar-refractivity contribution in [2.75, 3.05) is 37.7 Å². The highest BCUT2D eigenvalue weighted by molar-refractivity contribution is 5.90. The summed E-state index contributed by atoms with van der Waals surface area (Å²) >= 11 is 0. The van der Waals surface area contributed by atoms with Crippen molar-refractivity contribution in [2.24, 2.45) is 0 Å². The minimum absolute atomic E-state index is 0.270. The number of carbonyl (C=O) groups is 1. The van der Waals surface area contributed by atoms with Gasteiger partial charge in [0, 0.05) is 26.2 Å². The van der Waals surface area contributed by atoms with Crippen LogP contribution in [-0.2, 0) is 11.3 Å². The molecule has 2 N–H and O–H groups in total. The molecular formula is C16H24N4O3. The minimum atomic E-state index is -0.855. The summed E-state index contributed by atoms with van der Waals surface area (Å²) in [4.78, 5) is 19.0. The maximum atomic E-state index is 12.4. The van der Waals surface area contributed by atoms with E-state index in [1.165, 1.54) is 0 Å². The highest BCUT2D eigenvalue weighted by Crippen LogP contribution is 2.25. The summed E-state index contributed by atoms with van der Waals surface area (Å²) in [5.41, 5.74) is 0.632. The third kappa shape index (κ3) is 3.84. The zero-order chi connectivity index (χ0) is 16.8. The van der Waals surface area contributed by atoms with Crippen molar-refractivity contribution in [1.82, 2.24) is 14.9 Å². The minimum Gasteiger partial charge on any atom is -0.461 e. The molecule has 2 heterocycles. The van der Waals surface area contributed by atoms with Gasteiger partial charge in [0.25, 0.3) is 0 Å². The average Bonchev–Trinajstić information content (AvgIpc) is 2.93. The number of hydrogen-bond donors (Lipinski definition) is 2. The molecule has 0 aromatic carbocycles. The van der Waals surface area contributed by atoms with E-state index in [9.17, 15) is 9.90 Å². The van der Waals surface area contributed by atoms with Crippen molar-refractivity contribution in [3.8, 4) is 11.8 Å². The summed E-state index contributed by atoms with van der Waals surface area (Å²) in [6.45, 7) is 8.99. The summed E-state index contributed by atoms with van der Waals surface area (Å²) in [5, 5.41) is 13.3. The number of anilines is 1. The third-order valence-corrected chi connectivity index (χ3v) is 3.65. The first-order valence-electron chi connectivity index (χ1n) is 7.91. The first kappa shape index (κ1) is 17.3. The van der Waals surface area contributed by atoms with Gasteiger partial charge < -0.3 is 20.1 Å². The molecule has 1 unspecified atom stereocenters. The number of aromatic nitrogens is 2. The normalized spacial score (nSPS) is 15.7. The van der Waals surface area contributed by atoms with Gasteiger partial charge in [-0.05, 0) is 20.8 Å². The third-order valence-electron chi connectivity index (χ3n) is 3.65. The van der Waals surface area contributed by atoms with Gasteiger partial charge in [-0.3, -0.25) is 4.57 Å². The molecule has 23 heavy (non-hydrogen) atoms. The van der Waals surface area contributed by atoms with Crippen molar-refractivity contribution in [1.29, 1.82) is 0 Å². The number of aliphatic hydroxyl groups excluding tert-OH is 1. The molecule has 0 bridgehead atoms. The lowest BCUT2D eigenvalue weighted by molar-refractivity contribution is 0.0507. The molecule has 2 rings (SSSR count). The molecular weight excluding hydrogens is 296 g/mol. The maximum absolute atomic E-state index is 12.4. The summed E-state index contributed by atoms with van der Waals surface area (Å²) in [5.74, 6) is 6.00. The van der Waals surface area contributed by atoms with Gasteiger partial charge in [-0.1, -0.05) is 5.92 Å². The first-order chi connectivity index (χ1) is 11.1. The van der Waals surface area contributed by atoms with Gasteiger partial charge >= 0.3 is 5.97 Å². The lowest BCUT2D eigenvalue weighted by Gasteiger charge is -2.28. The van der Waals surface area contributed by atoms with E-state index in [0.29, 0.717) is 18.2 Å². The van der Waals surface area contributed by atoms with Crippen molar-refractivity contribution in [3.05, 3.63) is 11.4 Å². The maximum Gasteiger partial charge on any atom is 0.357 e. The van der Waals surface area contributed by atoms with E-state index in [1.54, 1.807) is 25.3 Å². The molecule has 0 amide bonds. The quantitative estimate of drug-likeness (QED) is 0.609. The second-order valence-electron chi connectivity index (χ2n) is 5.29. The van der Waals surface area contributed by atoms with Crippen LogP contribution in [-0.4, -0.2) is 53.4 Å². The van der Waals surface area contributed by atoms with Crippen molar-refractivity contribution >= 4 is 11.9 Å². The van der Waals surface area contributed by atoms with Crippen LogP contribution in [0, 0.1) is 11.8 Å². The highest BCUT2D eigenvalue weighted by atomic mass is 16.5. The molecule has 1 saturated heterocycles. The van der Waals surface area contributed by atoms with Crippen LogP contribution in [0.25, 0.3) is 0 Å². The molecule has 1 atom stereocenters. The molecule has 0 aliphatic carbocycles. The predicted molar refractivity (Wildman–Crippen MR) is 87.4 cm³/mol. The Labute approximate surface area is 136 Å². The van der Waals surface area contributed by atoms with E-state index in [4.69, 9.17) is 4.74 Å². The van der Waals surface area contributed by atoms with Crippen LogP contribution in [0.15, 0.2) is 0 Å². The van der Waals surface area contributed by atoms with E-state index in [-0.39, 0.29) is 12.3 Å². The fraction of sp³-hybridized carbons (Fsp3) is 0.625. The van der Waals surface area contributed by atoms with Gasteiger partial charge in [-0.25, -0.2) is 9.78 Å². The highest BCUT2D eigenvalue weighted by Gasteiger charge is 2.29. The van der Waals surface area contributed by atoms with Crippen LogP contribution < -0.4 is 10.2 Å². The number of rotatable bonds is 5. The molecule has 7 heteroatoms. The van der Waals surface area contributed by atoms with Gasteiger partial charge in [0.2, 0.25) is 5.95 Å². The van der Waals surface area contributed by atoms with E-state index < -0.39 is 12.1 Å². The molecule has 0 spiro atoms. The Morgan fingerprint density at radius 3 is 2.74 bits per heavy atom. The van der Waals surface area contributed by atoms with Crippen LogP contribution in [0.3, 0.4) is 0 Å². The second-order valence-corrected chi connectivity index (χ2v) is 5.29. The number of aliphatic hydroxyl groups is 1. The number of carbonyl (C=O) groups excluding carboxylic acids is 1. The van der Waals surface area contributed by atoms with E-state index in [2.05, 4.69) is 27.0 Å². The Bertz CT molecular complexity index is 607. The topological polar surface area (TPSA) is 79.6 Å². The second kappa shape index (κ2) is 7.99. The van der Waals surface area contributed by atoms with Gasteiger partial charge in [-0.15, -0.1) is 5.92 Å². The molecule has 0 radical (unpaired) electrons. The lowest BCUT2D eigenvalue weighted by atomic mass is 10.2. The Balaban J connectivity index is 2.52. The van der Waals surface area contributed by atoms with Crippen molar-refractivity contribution in [2.45, 2.75) is 33.4 Å². The number of piperazine rings is 1. The Hall–Kier alpha value is -2.04. The zero-order valence-corrected chi connectivity index (χ0v) is 13.9. The Kier molecular flexibility index (Phi) is 6.02.